The van der Waals surface area contributed by atoms with Gasteiger partial charge in [0.15, 0.2) is 0 Å². The summed E-state index contributed by atoms with van der Waals surface area (Å²) in [6, 6.07) is 16.2. The maximum Gasteiger partial charge on any atom is 0.374 e. The minimum absolute atomic E-state index is 0.0173. The van der Waals surface area contributed by atoms with Crippen molar-refractivity contribution in [1.82, 2.24) is 15.4 Å². The van der Waals surface area contributed by atoms with Gasteiger partial charge in [-0.05, 0) is 50.7 Å². The predicted octanol–water partition coefficient (Wildman–Crippen LogP) is 1.51. The number of benzene rings is 2. The van der Waals surface area contributed by atoms with Crippen molar-refractivity contribution in [2.45, 2.75) is 57.1 Å². The summed E-state index contributed by atoms with van der Waals surface area (Å²) in [5.41, 5.74) is 1.15. The van der Waals surface area contributed by atoms with Crippen molar-refractivity contribution in [3.05, 3.63) is 65.7 Å². The van der Waals surface area contributed by atoms with Crippen LogP contribution in [0.3, 0.4) is 0 Å². The molecule has 1 saturated heterocycles. The third kappa shape index (κ3) is 6.68. The van der Waals surface area contributed by atoms with Gasteiger partial charge in [0.2, 0.25) is 21.8 Å². The van der Waals surface area contributed by atoms with Crippen LogP contribution >= 0.6 is 0 Å². The zero-order valence-corrected chi connectivity index (χ0v) is 24.4. The van der Waals surface area contributed by atoms with Crippen LogP contribution in [0.5, 0.6) is 0 Å². The van der Waals surface area contributed by atoms with Crippen molar-refractivity contribution in [2.75, 3.05) is 36.8 Å². The molecule has 1 spiro atoms. The molecular formula is C28H39BN4O6S. The molecule has 2 heterocycles. The fourth-order valence-corrected chi connectivity index (χ4v) is 6.65. The summed E-state index contributed by atoms with van der Waals surface area (Å²) in [7, 11) is -4.35. The van der Waals surface area contributed by atoms with Gasteiger partial charge in [0.05, 0.1) is 30.7 Å². The lowest BCUT2D eigenvalue weighted by Crippen LogP contribution is -2.62. The molecule has 0 radical (unpaired) electrons. The van der Waals surface area contributed by atoms with E-state index in [0.29, 0.717) is 38.2 Å². The lowest BCUT2D eigenvalue weighted by Gasteiger charge is -2.41. The number of nitrogens with one attached hydrogen (secondary N) is 2. The molecule has 10 nitrogen and oxygen atoms in total. The quantitative estimate of drug-likeness (QED) is 0.370. The molecule has 2 aromatic carbocycles. The summed E-state index contributed by atoms with van der Waals surface area (Å²) in [5.74, 6) is -0.688. The van der Waals surface area contributed by atoms with E-state index in [2.05, 4.69) is 10.5 Å². The van der Waals surface area contributed by atoms with Crippen LogP contribution in [0.25, 0.3) is 0 Å². The normalized spacial score (nSPS) is 17.4. The van der Waals surface area contributed by atoms with E-state index >= 15 is 0 Å². The van der Waals surface area contributed by atoms with Crippen LogP contribution in [0.15, 0.2) is 54.6 Å². The molecule has 4 rings (SSSR count). The van der Waals surface area contributed by atoms with Gasteiger partial charge in [-0.25, -0.2) is 8.42 Å². The first-order valence-corrected chi connectivity index (χ1v) is 15.4. The highest BCUT2D eigenvalue weighted by atomic mass is 32.2. The average Bonchev–Trinajstić information content (AvgIpc) is 3.22. The largest absolute Gasteiger partial charge is 0.437 e. The standard InChI is InChI=1S/C28H39BN4O6S/c1-27(2,31-29(3)36)26(35)30-23(19-39-18-21-10-6-5-7-11-21)25(34)32-16-14-28(15-17-32)20-33(40(4,37)38)24-13-9-8-12-22(24)28/h5-13,23,31,36H,14-20H2,1-4H3,(H,30,35). The SMILES string of the molecule is CB(O)NC(C)(C)C(=O)NC(COCc1ccccc1)C(=O)N1CCC2(CC1)CN(S(C)(=O)=O)c1ccccc12. The third-order valence-corrected chi connectivity index (χ3v) is 8.89. The first-order chi connectivity index (χ1) is 18.8. The number of amides is 2. The Kier molecular flexibility index (Phi) is 8.94. The number of hydrogen-bond donors (Lipinski definition) is 3. The number of likely N-dealkylation sites (tertiary alicyclic amines) is 1. The van der Waals surface area contributed by atoms with Crippen molar-refractivity contribution < 1.29 is 27.8 Å². The Balaban J connectivity index is 1.48. The highest BCUT2D eigenvalue weighted by Gasteiger charge is 2.48. The van der Waals surface area contributed by atoms with Gasteiger partial charge in [0, 0.05) is 25.0 Å². The highest BCUT2D eigenvalue weighted by molar-refractivity contribution is 7.92. The van der Waals surface area contributed by atoms with Crippen LogP contribution in [0.4, 0.5) is 5.69 Å². The van der Waals surface area contributed by atoms with E-state index in [9.17, 15) is 23.0 Å². The van der Waals surface area contributed by atoms with Crippen LogP contribution in [-0.2, 0) is 36.4 Å². The maximum atomic E-state index is 13.8. The molecule has 2 aliphatic rings. The predicted molar refractivity (Wildman–Crippen MR) is 155 cm³/mol. The number of carbonyl (C=O) groups excluding carboxylic acids is 2. The molecule has 1 fully saturated rings. The minimum atomic E-state index is -3.44. The molecule has 2 aromatic rings. The zero-order chi connectivity index (χ0) is 29.1. The molecule has 3 N–H and O–H groups in total. The third-order valence-electron chi connectivity index (χ3n) is 7.76. The number of nitrogens with zero attached hydrogens (tertiary/aromatic N) is 2. The highest BCUT2D eigenvalue weighted by Crippen LogP contribution is 2.47. The lowest BCUT2D eigenvalue weighted by molar-refractivity contribution is -0.140. The zero-order valence-electron chi connectivity index (χ0n) is 23.6. The Labute approximate surface area is 237 Å². The number of carbonyl (C=O) groups is 2. The van der Waals surface area contributed by atoms with Crippen molar-refractivity contribution in [3.8, 4) is 0 Å². The van der Waals surface area contributed by atoms with E-state index in [0.717, 1.165) is 11.1 Å². The number of rotatable bonds is 10. The number of sulfonamides is 1. The van der Waals surface area contributed by atoms with Gasteiger partial charge in [-0.2, -0.15) is 0 Å². The summed E-state index contributed by atoms with van der Waals surface area (Å²) in [6.45, 7) is 6.27. The summed E-state index contributed by atoms with van der Waals surface area (Å²) in [6.07, 6.45) is 2.42. The average molecular weight is 571 g/mol. The second-order valence-corrected chi connectivity index (χ2v) is 13.3. The van der Waals surface area contributed by atoms with Crippen molar-refractivity contribution in [1.29, 1.82) is 0 Å². The van der Waals surface area contributed by atoms with Crippen LogP contribution in [0.1, 0.15) is 37.8 Å². The van der Waals surface area contributed by atoms with E-state index in [1.54, 1.807) is 18.7 Å². The first-order valence-electron chi connectivity index (χ1n) is 13.6. The summed E-state index contributed by atoms with van der Waals surface area (Å²) < 4.78 is 32.4. The van der Waals surface area contributed by atoms with Crippen molar-refractivity contribution in [3.63, 3.8) is 0 Å². The molecule has 0 aliphatic carbocycles. The van der Waals surface area contributed by atoms with Crippen LogP contribution < -0.4 is 14.8 Å². The van der Waals surface area contributed by atoms with Gasteiger partial charge in [-0.3, -0.25) is 13.9 Å². The van der Waals surface area contributed by atoms with Crippen LogP contribution in [-0.4, -0.2) is 81.3 Å². The first kappa shape index (κ1) is 30.0. The number of ether oxygens (including phenoxy) is 1. The smallest absolute Gasteiger partial charge is 0.374 e. The number of anilines is 1. The van der Waals surface area contributed by atoms with Gasteiger partial charge in [-0.1, -0.05) is 48.5 Å². The Morgan fingerprint density at radius 1 is 1.10 bits per heavy atom. The summed E-state index contributed by atoms with van der Waals surface area (Å²) in [4.78, 5) is 28.6. The Morgan fingerprint density at radius 3 is 2.35 bits per heavy atom. The molecule has 40 heavy (non-hydrogen) atoms. The molecule has 12 heteroatoms. The molecule has 0 aromatic heterocycles. The molecule has 0 bridgehead atoms. The Morgan fingerprint density at radius 2 is 1.73 bits per heavy atom. The molecule has 2 aliphatic heterocycles. The Bertz CT molecular complexity index is 1310. The lowest BCUT2D eigenvalue weighted by atomic mass is 9.74. The van der Waals surface area contributed by atoms with E-state index in [4.69, 9.17) is 4.74 Å². The fourth-order valence-electron chi connectivity index (χ4n) is 5.65. The molecule has 1 atom stereocenters. The summed E-state index contributed by atoms with van der Waals surface area (Å²) >= 11 is 0. The molecule has 0 saturated carbocycles. The van der Waals surface area contributed by atoms with Gasteiger partial charge in [-0.15, -0.1) is 0 Å². The number of hydrogen-bond acceptors (Lipinski definition) is 7. The second kappa shape index (κ2) is 11.9. The minimum Gasteiger partial charge on any atom is -0.437 e. The van der Waals surface area contributed by atoms with Crippen molar-refractivity contribution in [2.24, 2.45) is 0 Å². The van der Waals surface area contributed by atoms with E-state index in [-0.39, 0.29) is 24.5 Å². The number of piperidine rings is 1. The van der Waals surface area contributed by atoms with Gasteiger partial charge >= 0.3 is 7.05 Å². The maximum absolute atomic E-state index is 13.8. The summed E-state index contributed by atoms with van der Waals surface area (Å²) in [5, 5.41) is 15.4. The second-order valence-electron chi connectivity index (χ2n) is 11.4. The monoisotopic (exact) mass is 570 g/mol. The van der Waals surface area contributed by atoms with E-state index in [1.807, 2.05) is 54.6 Å². The molecule has 2 amide bonds. The number of para-hydroxylation sites is 1. The molecular weight excluding hydrogens is 531 g/mol. The topological polar surface area (TPSA) is 128 Å². The Hall–Kier alpha value is -2.93. The van der Waals surface area contributed by atoms with Gasteiger partial charge in [0.1, 0.15) is 6.04 Å². The van der Waals surface area contributed by atoms with Crippen LogP contribution in [0, 0.1) is 0 Å². The van der Waals surface area contributed by atoms with E-state index in [1.165, 1.54) is 17.4 Å². The molecule has 1 unspecified atom stereocenters. The van der Waals surface area contributed by atoms with Gasteiger partial charge in [0.25, 0.3) is 0 Å². The van der Waals surface area contributed by atoms with Crippen LogP contribution in [0.2, 0.25) is 6.82 Å². The van der Waals surface area contributed by atoms with Gasteiger partial charge < -0.3 is 25.2 Å². The van der Waals surface area contributed by atoms with E-state index < -0.39 is 34.6 Å². The molecule has 216 valence electrons. The van der Waals surface area contributed by atoms with Crippen molar-refractivity contribution >= 4 is 34.6 Å². The fraction of sp³-hybridized carbons (Fsp3) is 0.500. The number of fused-ring (bicyclic) bond motifs is 2.